The highest BCUT2D eigenvalue weighted by molar-refractivity contribution is 5.70. The van der Waals surface area contributed by atoms with E-state index in [4.69, 9.17) is 0 Å². The van der Waals surface area contributed by atoms with Crippen molar-refractivity contribution in [3.05, 3.63) is 60.8 Å². The molecule has 3 rings (SSSR count). The summed E-state index contributed by atoms with van der Waals surface area (Å²) in [6, 6.07) is 10.9. The van der Waals surface area contributed by atoms with E-state index in [0.717, 1.165) is 16.9 Å². The van der Waals surface area contributed by atoms with Crippen LogP contribution in [0, 0.1) is 5.82 Å². The third-order valence-electron chi connectivity index (χ3n) is 3.28. The van der Waals surface area contributed by atoms with Crippen LogP contribution in [0.5, 0.6) is 0 Å². The van der Waals surface area contributed by atoms with Gasteiger partial charge < -0.3 is 4.57 Å². The molecule has 0 unspecified atom stereocenters. The summed E-state index contributed by atoms with van der Waals surface area (Å²) in [5.41, 5.74) is 2.70. The Morgan fingerprint density at radius 3 is 2.55 bits per heavy atom. The second-order valence-electron chi connectivity index (χ2n) is 5.01. The number of hydrogen-bond donors (Lipinski definition) is 0. The highest BCUT2D eigenvalue weighted by Gasteiger charge is 2.14. The van der Waals surface area contributed by atoms with Crippen molar-refractivity contribution >= 4 is 0 Å². The third kappa shape index (κ3) is 2.13. The lowest BCUT2D eigenvalue weighted by molar-refractivity contribution is 0.538. The van der Waals surface area contributed by atoms with Gasteiger partial charge in [-0.1, -0.05) is 0 Å². The second kappa shape index (κ2) is 4.96. The normalized spacial score (nSPS) is 11.2. The lowest BCUT2D eigenvalue weighted by Gasteiger charge is -2.15. The minimum atomic E-state index is -0.243. The van der Waals surface area contributed by atoms with E-state index in [1.54, 1.807) is 18.3 Å². The molecular weight excluding hydrogens is 253 g/mol. The summed E-state index contributed by atoms with van der Waals surface area (Å²) in [6.07, 6.45) is 5.65. The lowest BCUT2D eigenvalue weighted by atomic mass is 10.1. The molecule has 20 heavy (non-hydrogen) atoms. The maximum absolute atomic E-state index is 13.7. The summed E-state index contributed by atoms with van der Waals surface area (Å²) in [7, 11) is 0. The van der Waals surface area contributed by atoms with Crippen molar-refractivity contribution < 1.29 is 4.39 Å². The largest absolute Gasteiger partial charge is 0.323 e. The Morgan fingerprint density at radius 2 is 1.85 bits per heavy atom. The molecule has 0 aliphatic rings. The Morgan fingerprint density at radius 1 is 1.10 bits per heavy atom. The van der Waals surface area contributed by atoms with Crippen molar-refractivity contribution in [3.8, 4) is 16.9 Å². The van der Waals surface area contributed by atoms with Gasteiger partial charge in [0, 0.05) is 30.2 Å². The molecule has 102 valence electrons. The highest BCUT2D eigenvalue weighted by atomic mass is 19.1. The summed E-state index contributed by atoms with van der Waals surface area (Å²) >= 11 is 0. The van der Waals surface area contributed by atoms with Crippen molar-refractivity contribution in [2.45, 2.75) is 19.9 Å². The predicted octanol–water partition coefficient (Wildman–Crippen LogP) is 4.06. The van der Waals surface area contributed by atoms with Crippen LogP contribution in [0.2, 0.25) is 0 Å². The van der Waals surface area contributed by atoms with Gasteiger partial charge in [-0.05, 0) is 50.2 Å². The zero-order chi connectivity index (χ0) is 14.1. The molecule has 0 bridgehead atoms. The Labute approximate surface area is 117 Å². The molecule has 0 amide bonds. The SMILES string of the molecule is CC(C)n1nccc1-c1cc(F)ccc1-n1cccc1. The van der Waals surface area contributed by atoms with E-state index in [2.05, 4.69) is 18.9 Å². The van der Waals surface area contributed by atoms with E-state index >= 15 is 0 Å². The van der Waals surface area contributed by atoms with Crippen LogP contribution in [-0.4, -0.2) is 14.3 Å². The molecule has 0 fully saturated rings. The van der Waals surface area contributed by atoms with Gasteiger partial charge >= 0.3 is 0 Å². The van der Waals surface area contributed by atoms with Gasteiger partial charge in [0.05, 0.1) is 11.4 Å². The summed E-state index contributed by atoms with van der Waals surface area (Å²) in [4.78, 5) is 0. The predicted molar refractivity (Wildman–Crippen MR) is 77.3 cm³/mol. The van der Waals surface area contributed by atoms with Crippen LogP contribution < -0.4 is 0 Å². The van der Waals surface area contributed by atoms with E-state index < -0.39 is 0 Å². The van der Waals surface area contributed by atoms with Gasteiger partial charge in [-0.3, -0.25) is 4.68 Å². The van der Waals surface area contributed by atoms with Crippen LogP contribution in [0.3, 0.4) is 0 Å². The van der Waals surface area contributed by atoms with Crippen LogP contribution in [0.25, 0.3) is 16.9 Å². The summed E-state index contributed by atoms with van der Waals surface area (Å²) < 4.78 is 17.6. The Hall–Kier alpha value is -2.36. The van der Waals surface area contributed by atoms with Crippen LogP contribution in [0.4, 0.5) is 4.39 Å². The van der Waals surface area contributed by atoms with Crippen LogP contribution in [0.15, 0.2) is 55.0 Å². The second-order valence-corrected chi connectivity index (χ2v) is 5.01. The van der Waals surface area contributed by atoms with E-state index in [0.29, 0.717) is 0 Å². The molecule has 3 nitrogen and oxygen atoms in total. The molecule has 0 radical (unpaired) electrons. The molecule has 1 aromatic carbocycles. The number of benzene rings is 1. The maximum Gasteiger partial charge on any atom is 0.124 e. The van der Waals surface area contributed by atoms with Gasteiger partial charge in [-0.25, -0.2) is 4.39 Å². The maximum atomic E-state index is 13.7. The third-order valence-corrected chi connectivity index (χ3v) is 3.28. The summed E-state index contributed by atoms with van der Waals surface area (Å²) in [5, 5.41) is 4.33. The first kappa shape index (κ1) is 12.7. The fourth-order valence-corrected chi connectivity index (χ4v) is 2.37. The van der Waals surface area contributed by atoms with Gasteiger partial charge in [-0.15, -0.1) is 0 Å². The Balaban J connectivity index is 2.22. The number of aromatic nitrogens is 3. The smallest absolute Gasteiger partial charge is 0.124 e. The van der Waals surface area contributed by atoms with Crippen LogP contribution >= 0.6 is 0 Å². The molecule has 0 aliphatic carbocycles. The van der Waals surface area contributed by atoms with Crippen molar-refractivity contribution in [2.75, 3.05) is 0 Å². The number of hydrogen-bond acceptors (Lipinski definition) is 1. The van der Waals surface area contributed by atoms with Gasteiger partial charge in [0.25, 0.3) is 0 Å². The van der Waals surface area contributed by atoms with Crippen molar-refractivity contribution in [1.82, 2.24) is 14.3 Å². The lowest BCUT2D eigenvalue weighted by Crippen LogP contribution is -2.06. The number of rotatable bonds is 3. The molecule has 0 N–H and O–H groups in total. The van der Waals surface area contributed by atoms with E-state index in [-0.39, 0.29) is 11.9 Å². The molecule has 0 atom stereocenters. The fourth-order valence-electron chi connectivity index (χ4n) is 2.37. The van der Waals surface area contributed by atoms with E-state index in [1.165, 1.54) is 6.07 Å². The Bertz CT molecular complexity index is 711. The molecule has 0 saturated heterocycles. The zero-order valence-electron chi connectivity index (χ0n) is 11.5. The quantitative estimate of drug-likeness (QED) is 0.703. The van der Waals surface area contributed by atoms with E-state index in [9.17, 15) is 4.39 Å². The van der Waals surface area contributed by atoms with Crippen molar-refractivity contribution in [1.29, 1.82) is 0 Å². The monoisotopic (exact) mass is 269 g/mol. The highest BCUT2D eigenvalue weighted by Crippen LogP contribution is 2.29. The van der Waals surface area contributed by atoms with Crippen LogP contribution in [0.1, 0.15) is 19.9 Å². The Kier molecular flexibility index (Phi) is 3.14. The minimum absolute atomic E-state index is 0.223. The van der Waals surface area contributed by atoms with Crippen molar-refractivity contribution in [3.63, 3.8) is 0 Å². The molecular formula is C16H16FN3. The van der Waals surface area contributed by atoms with Gasteiger partial charge in [0.2, 0.25) is 0 Å². The topological polar surface area (TPSA) is 22.8 Å². The first-order chi connectivity index (χ1) is 9.66. The number of halogens is 1. The first-order valence-electron chi connectivity index (χ1n) is 6.63. The molecule has 2 heterocycles. The first-order valence-corrected chi connectivity index (χ1v) is 6.63. The minimum Gasteiger partial charge on any atom is -0.323 e. The van der Waals surface area contributed by atoms with Gasteiger partial charge in [-0.2, -0.15) is 5.10 Å². The molecule has 4 heteroatoms. The average Bonchev–Trinajstić information content (AvgIpc) is 3.10. The van der Waals surface area contributed by atoms with Gasteiger partial charge in [0.1, 0.15) is 5.82 Å². The van der Waals surface area contributed by atoms with E-state index in [1.807, 2.05) is 39.8 Å². The fraction of sp³-hybridized carbons (Fsp3) is 0.188. The molecule has 0 aliphatic heterocycles. The standard InChI is InChI=1S/C16H16FN3/c1-12(2)20-16(7-8-18-20)14-11-13(17)5-6-15(14)19-9-3-4-10-19/h3-12H,1-2H3. The molecule has 3 aromatic rings. The summed E-state index contributed by atoms with van der Waals surface area (Å²) in [5.74, 6) is -0.243. The van der Waals surface area contributed by atoms with Crippen molar-refractivity contribution in [2.24, 2.45) is 0 Å². The molecule has 0 saturated carbocycles. The summed E-state index contributed by atoms with van der Waals surface area (Å²) in [6.45, 7) is 4.12. The molecule has 2 aromatic heterocycles. The average molecular weight is 269 g/mol. The van der Waals surface area contributed by atoms with Crippen LogP contribution in [-0.2, 0) is 0 Å². The number of nitrogens with zero attached hydrogens (tertiary/aromatic N) is 3. The zero-order valence-corrected chi connectivity index (χ0v) is 11.5. The van der Waals surface area contributed by atoms with Gasteiger partial charge in [0.15, 0.2) is 0 Å². The molecule has 0 spiro atoms.